The van der Waals surface area contributed by atoms with E-state index in [4.69, 9.17) is 0 Å². The maximum Gasteiger partial charge on any atom is 0.123 e. The van der Waals surface area contributed by atoms with E-state index in [0.717, 1.165) is 65.0 Å². The normalized spacial score (nSPS) is 14.2. The van der Waals surface area contributed by atoms with Gasteiger partial charge in [-0.1, -0.05) is 18.2 Å². The first-order valence-corrected chi connectivity index (χ1v) is 11.0. The predicted octanol–water partition coefficient (Wildman–Crippen LogP) is 5.92. The van der Waals surface area contributed by atoms with Crippen LogP contribution >= 0.6 is 0 Å². The Labute approximate surface area is 192 Å². The van der Waals surface area contributed by atoms with Crippen molar-refractivity contribution in [2.45, 2.75) is 19.9 Å². The molecule has 5 rings (SSSR count). The molecule has 2 aromatic carbocycles. The van der Waals surface area contributed by atoms with Crippen LogP contribution in [-0.2, 0) is 6.54 Å². The van der Waals surface area contributed by atoms with Crippen molar-refractivity contribution in [2.24, 2.45) is 0 Å². The minimum Gasteiger partial charge on any atom is -0.361 e. The Morgan fingerprint density at radius 1 is 1.15 bits per heavy atom. The van der Waals surface area contributed by atoms with Crippen molar-refractivity contribution in [3.05, 3.63) is 95.2 Å². The summed E-state index contributed by atoms with van der Waals surface area (Å²) in [6.07, 6.45) is 8.44. The van der Waals surface area contributed by atoms with Crippen LogP contribution in [0.3, 0.4) is 0 Å². The number of halogens is 1. The summed E-state index contributed by atoms with van der Waals surface area (Å²) in [6.45, 7) is 4.53. The molecule has 4 aromatic rings. The van der Waals surface area contributed by atoms with E-state index in [-0.39, 0.29) is 5.82 Å². The van der Waals surface area contributed by atoms with Gasteiger partial charge in [-0.3, -0.25) is 9.88 Å². The van der Waals surface area contributed by atoms with Gasteiger partial charge in [-0.2, -0.15) is 5.26 Å². The average molecular weight is 438 g/mol. The second kappa shape index (κ2) is 8.89. The van der Waals surface area contributed by atoms with E-state index in [2.05, 4.69) is 45.3 Å². The Kier molecular flexibility index (Phi) is 5.64. The van der Waals surface area contributed by atoms with Gasteiger partial charge >= 0.3 is 0 Å². The molecule has 2 N–H and O–H groups in total. The third-order valence-corrected chi connectivity index (χ3v) is 6.29. The first-order chi connectivity index (χ1) is 16.1. The Morgan fingerprint density at radius 3 is 2.76 bits per heavy atom. The quantitative estimate of drug-likeness (QED) is 0.407. The van der Waals surface area contributed by atoms with Crippen LogP contribution in [0.2, 0.25) is 0 Å². The van der Waals surface area contributed by atoms with Crippen molar-refractivity contribution in [1.29, 1.82) is 5.26 Å². The number of nitriles is 1. The molecule has 6 heteroatoms. The summed E-state index contributed by atoms with van der Waals surface area (Å²) < 4.78 is 13.2. The van der Waals surface area contributed by atoms with E-state index in [9.17, 15) is 9.65 Å². The number of aromatic nitrogens is 2. The van der Waals surface area contributed by atoms with Gasteiger partial charge in [0, 0.05) is 60.4 Å². The fourth-order valence-electron chi connectivity index (χ4n) is 4.42. The van der Waals surface area contributed by atoms with Crippen LogP contribution in [0.15, 0.2) is 67.1 Å². The summed E-state index contributed by atoms with van der Waals surface area (Å²) in [6, 6.07) is 15.1. The number of hydrogen-bond donors (Lipinski definition) is 2. The van der Waals surface area contributed by atoms with Gasteiger partial charge in [0.15, 0.2) is 0 Å². The molecule has 164 valence electrons. The van der Waals surface area contributed by atoms with Crippen LogP contribution in [0, 0.1) is 24.1 Å². The molecule has 3 heterocycles. The van der Waals surface area contributed by atoms with Crippen LogP contribution in [0.25, 0.3) is 16.5 Å². The Balaban J connectivity index is 1.42. The van der Waals surface area contributed by atoms with E-state index in [0.29, 0.717) is 5.56 Å². The van der Waals surface area contributed by atoms with Crippen LogP contribution in [0.1, 0.15) is 28.7 Å². The van der Waals surface area contributed by atoms with E-state index >= 15 is 0 Å². The van der Waals surface area contributed by atoms with E-state index < -0.39 is 0 Å². The summed E-state index contributed by atoms with van der Waals surface area (Å²) in [7, 11) is 0. The monoisotopic (exact) mass is 437 g/mol. The average Bonchev–Trinajstić information content (AvgIpc) is 3.33. The van der Waals surface area contributed by atoms with Crippen molar-refractivity contribution in [1.82, 2.24) is 14.9 Å². The van der Waals surface area contributed by atoms with Gasteiger partial charge < -0.3 is 10.3 Å². The molecule has 0 atom stereocenters. The van der Waals surface area contributed by atoms with Gasteiger partial charge in [0.05, 0.1) is 11.3 Å². The number of H-pyrrole nitrogens is 1. The van der Waals surface area contributed by atoms with Gasteiger partial charge in [0.1, 0.15) is 11.9 Å². The van der Waals surface area contributed by atoms with Crippen molar-refractivity contribution in [2.75, 3.05) is 18.4 Å². The first-order valence-electron chi connectivity index (χ1n) is 11.0. The number of aromatic amines is 1. The van der Waals surface area contributed by atoms with Crippen molar-refractivity contribution >= 4 is 27.9 Å². The molecule has 0 radical (unpaired) electrons. The Bertz CT molecular complexity index is 1380. The summed E-state index contributed by atoms with van der Waals surface area (Å²) in [5, 5.41) is 14.4. The van der Waals surface area contributed by atoms with E-state index in [1.807, 2.05) is 36.7 Å². The molecule has 0 spiro atoms. The number of fused-ring (bicyclic) bond motifs is 1. The molecular formula is C27H24FN5. The zero-order valence-electron chi connectivity index (χ0n) is 18.4. The lowest BCUT2D eigenvalue weighted by molar-refractivity contribution is 0.294. The standard InChI is InChI=1S/C27H24FN5/c1-18-23-8-11-31-26(23)7-6-25(18)32-27-21(14-29)15-30-16-24(27)20-9-12-33(13-10-20)17-19-2-4-22(28)5-3-19/h2-9,11,15-16,31H,10,12-13,17H2,1H3,(H,30,32). The molecule has 0 amide bonds. The highest BCUT2D eigenvalue weighted by atomic mass is 19.1. The van der Waals surface area contributed by atoms with Crippen LogP contribution < -0.4 is 5.32 Å². The van der Waals surface area contributed by atoms with Gasteiger partial charge in [-0.15, -0.1) is 0 Å². The molecule has 0 fully saturated rings. The van der Waals surface area contributed by atoms with Crippen molar-refractivity contribution in [3.8, 4) is 6.07 Å². The number of pyridine rings is 1. The molecule has 0 unspecified atom stereocenters. The number of rotatable bonds is 5. The molecule has 0 saturated heterocycles. The highest BCUT2D eigenvalue weighted by Crippen LogP contribution is 2.35. The Hall–Kier alpha value is -3.95. The summed E-state index contributed by atoms with van der Waals surface area (Å²) in [5.74, 6) is -0.213. The van der Waals surface area contributed by atoms with Gasteiger partial charge in [0.2, 0.25) is 0 Å². The minimum absolute atomic E-state index is 0.213. The number of aryl methyl sites for hydroxylation is 1. The number of hydrogen-bond acceptors (Lipinski definition) is 4. The highest BCUT2D eigenvalue weighted by Gasteiger charge is 2.19. The number of nitrogens with zero attached hydrogens (tertiary/aromatic N) is 3. The number of nitrogens with one attached hydrogen (secondary N) is 2. The van der Waals surface area contributed by atoms with Gasteiger partial charge in [0.25, 0.3) is 0 Å². The van der Waals surface area contributed by atoms with E-state index in [1.165, 1.54) is 17.7 Å². The molecule has 5 nitrogen and oxygen atoms in total. The maximum absolute atomic E-state index is 13.2. The smallest absolute Gasteiger partial charge is 0.123 e. The highest BCUT2D eigenvalue weighted by molar-refractivity contribution is 5.90. The lowest BCUT2D eigenvalue weighted by Crippen LogP contribution is -2.28. The van der Waals surface area contributed by atoms with Gasteiger partial charge in [-0.05, 0) is 60.4 Å². The molecule has 0 aliphatic carbocycles. The molecular weight excluding hydrogens is 413 g/mol. The number of anilines is 2. The second-order valence-corrected chi connectivity index (χ2v) is 8.36. The molecule has 0 bridgehead atoms. The van der Waals surface area contributed by atoms with Crippen LogP contribution in [-0.4, -0.2) is 28.0 Å². The van der Waals surface area contributed by atoms with Crippen LogP contribution in [0.4, 0.5) is 15.8 Å². The predicted molar refractivity (Wildman–Crippen MR) is 130 cm³/mol. The van der Waals surface area contributed by atoms with E-state index in [1.54, 1.807) is 6.20 Å². The third-order valence-electron chi connectivity index (χ3n) is 6.29. The van der Waals surface area contributed by atoms with Crippen molar-refractivity contribution < 1.29 is 4.39 Å². The fraction of sp³-hybridized carbons (Fsp3) is 0.185. The zero-order valence-corrected chi connectivity index (χ0v) is 18.4. The SMILES string of the molecule is Cc1c(Nc2c(C#N)cncc2C2=CCN(Cc3ccc(F)cc3)CC2)ccc2[nH]ccc12. The minimum atomic E-state index is -0.213. The molecule has 0 saturated carbocycles. The molecule has 1 aliphatic heterocycles. The third kappa shape index (κ3) is 4.23. The molecule has 33 heavy (non-hydrogen) atoms. The maximum atomic E-state index is 13.2. The lowest BCUT2D eigenvalue weighted by atomic mass is 9.97. The van der Waals surface area contributed by atoms with Crippen molar-refractivity contribution in [3.63, 3.8) is 0 Å². The summed E-state index contributed by atoms with van der Waals surface area (Å²) in [4.78, 5) is 9.90. The number of benzene rings is 2. The molecule has 1 aliphatic rings. The topological polar surface area (TPSA) is 67.7 Å². The summed E-state index contributed by atoms with van der Waals surface area (Å²) in [5.41, 5.74) is 7.74. The summed E-state index contributed by atoms with van der Waals surface area (Å²) >= 11 is 0. The zero-order chi connectivity index (χ0) is 22.8. The molecule has 2 aromatic heterocycles. The van der Waals surface area contributed by atoms with Crippen LogP contribution in [0.5, 0.6) is 0 Å². The largest absolute Gasteiger partial charge is 0.361 e. The Morgan fingerprint density at radius 2 is 2.00 bits per heavy atom. The van der Waals surface area contributed by atoms with Gasteiger partial charge in [-0.25, -0.2) is 4.39 Å². The second-order valence-electron chi connectivity index (χ2n) is 8.36. The lowest BCUT2D eigenvalue weighted by Gasteiger charge is -2.27. The first kappa shape index (κ1) is 20.9. The fourth-order valence-corrected chi connectivity index (χ4v) is 4.42.